The zero-order chi connectivity index (χ0) is 17.4. The van der Waals surface area contributed by atoms with Gasteiger partial charge in [0.1, 0.15) is 6.33 Å². The van der Waals surface area contributed by atoms with Crippen molar-refractivity contribution in [3.8, 4) is 0 Å². The number of hydrogen-bond acceptors (Lipinski definition) is 5. The Morgan fingerprint density at radius 1 is 1.12 bits per heavy atom. The Labute approximate surface area is 145 Å². The number of anilines is 1. The number of fused-ring (bicyclic) bond motifs is 1. The SMILES string of the molecule is Cc1cc(C(=O)N2CCN(c3ccc4ncncc4c3)CC2)nn1C. The Morgan fingerprint density at radius 3 is 2.64 bits per heavy atom. The molecule has 1 amide bonds. The van der Waals surface area contributed by atoms with E-state index in [1.807, 2.05) is 37.2 Å². The highest BCUT2D eigenvalue weighted by molar-refractivity contribution is 5.92. The van der Waals surface area contributed by atoms with E-state index >= 15 is 0 Å². The molecule has 0 unspecified atom stereocenters. The molecule has 0 aliphatic carbocycles. The number of carbonyl (C=O) groups excluding carboxylic acids is 1. The maximum absolute atomic E-state index is 12.6. The van der Waals surface area contributed by atoms with Crippen LogP contribution < -0.4 is 4.90 Å². The van der Waals surface area contributed by atoms with Crippen LogP contribution in [0, 0.1) is 6.92 Å². The van der Waals surface area contributed by atoms with E-state index in [-0.39, 0.29) is 5.91 Å². The van der Waals surface area contributed by atoms with Crippen LogP contribution in [0.4, 0.5) is 5.69 Å². The Hall–Kier alpha value is -2.96. The molecule has 3 heterocycles. The predicted molar refractivity (Wildman–Crippen MR) is 95.6 cm³/mol. The van der Waals surface area contributed by atoms with Gasteiger partial charge < -0.3 is 9.80 Å². The third-order valence-corrected chi connectivity index (χ3v) is 4.75. The van der Waals surface area contributed by atoms with E-state index < -0.39 is 0 Å². The largest absolute Gasteiger partial charge is 0.368 e. The molecule has 1 aromatic carbocycles. The van der Waals surface area contributed by atoms with Crippen molar-refractivity contribution in [2.45, 2.75) is 6.92 Å². The normalized spacial score (nSPS) is 15.0. The molecule has 2 aromatic heterocycles. The van der Waals surface area contributed by atoms with Gasteiger partial charge in [0.05, 0.1) is 5.52 Å². The van der Waals surface area contributed by atoms with Crippen LogP contribution in [-0.2, 0) is 7.05 Å². The lowest BCUT2D eigenvalue weighted by Crippen LogP contribution is -2.48. The summed E-state index contributed by atoms with van der Waals surface area (Å²) in [6.07, 6.45) is 3.39. The third kappa shape index (κ3) is 2.93. The summed E-state index contributed by atoms with van der Waals surface area (Å²) in [4.78, 5) is 25.1. The van der Waals surface area contributed by atoms with Crippen LogP contribution in [0.25, 0.3) is 10.9 Å². The van der Waals surface area contributed by atoms with Gasteiger partial charge in [-0.15, -0.1) is 0 Å². The first kappa shape index (κ1) is 15.6. The number of hydrogen-bond donors (Lipinski definition) is 0. The summed E-state index contributed by atoms with van der Waals surface area (Å²) in [5.74, 6) is 0.00950. The lowest BCUT2D eigenvalue weighted by Gasteiger charge is -2.35. The fraction of sp³-hybridized carbons (Fsp3) is 0.333. The van der Waals surface area contributed by atoms with Crippen LogP contribution >= 0.6 is 0 Å². The highest BCUT2D eigenvalue weighted by Crippen LogP contribution is 2.22. The maximum Gasteiger partial charge on any atom is 0.274 e. The third-order valence-electron chi connectivity index (χ3n) is 4.75. The second kappa shape index (κ2) is 6.16. The van der Waals surface area contributed by atoms with Crippen molar-refractivity contribution in [1.29, 1.82) is 0 Å². The van der Waals surface area contributed by atoms with E-state index in [4.69, 9.17) is 0 Å². The van der Waals surface area contributed by atoms with Crippen molar-refractivity contribution in [2.75, 3.05) is 31.1 Å². The Balaban J connectivity index is 1.46. The topological polar surface area (TPSA) is 67.2 Å². The first-order chi connectivity index (χ1) is 12.1. The van der Waals surface area contributed by atoms with Crippen LogP contribution in [0.1, 0.15) is 16.2 Å². The second-order valence-corrected chi connectivity index (χ2v) is 6.34. The van der Waals surface area contributed by atoms with Gasteiger partial charge in [-0.3, -0.25) is 9.48 Å². The van der Waals surface area contributed by atoms with Crippen molar-refractivity contribution in [3.05, 3.63) is 48.2 Å². The number of aryl methyl sites for hydroxylation is 2. The summed E-state index contributed by atoms with van der Waals surface area (Å²) in [7, 11) is 1.85. The molecular weight excluding hydrogens is 316 g/mol. The number of rotatable bonds is 2. The van der Waals surface area contributed by atoms with Gasteiger partial charge in [-0.2, -0.15) is 5.10 Å². The summed E-state index contributed by atoms with van der Waals surface area (Å²) in [6.45, 7) is 4.94. The minimum Gasteiger partial charge on any atom is -0.368 e. The summed E-state index contributed by atoms with van der Waals surface area (Å²) in [5.41, 5.74) is 3.60. The van der Waals surface area contributed by atoms with Crippen molar-refractivity contribution < 1.29 is 4.79 Å². The van der Waals surface area contributed by atoms with Gasteiger partial charge >= 0.3 is 0 Å². The van der Waals surface area contributed by atoms with Crippen LogP contribution in [0.15, 0.2) is 36.8 Å². The minimum absolute atomic E-state index is 0.00950. The van der Waals surface area contributed by atoms with Crippen molar-refractivity contribution in [1.82, 2.24) is 24.6 Å². The number of amides is 1. The number of piperazine rings is 1. The van der Waals surface area contributed by atoms with Gasteiger partial charge in [0.2, 0.25) is 0 Å². The zero-order valence-electron chi connectivity index (χ0n) is 14.4. The second-order valence-electron chi connectivity index (χ2n) is 6.34. The molecule has 25 heavy (non-hydrogen) atoms. The fourth-order valence-electron chi connectivity index (χ4n) is 3.16. The summed E-state index contributed by atoms with van der Waals surface area (Å²) in [6, 6.07) is 8.04. The van der Waals surface area contributed by atoms with E-state index in [9.17, 15) is 4.79 Å². The maximum atomic E-state index is 12.6. The summed E-state index contributed by atoms with van der Waals surface area (Å²) < 4.78 is 1.74. The van der Waals surface area contributed by atoms with Gasteiger partial charge in [0.25, 0.3) is 5.91 Å². The van der Waals surface area contributed by atoms with Crippen LogP contribution in [0.5, 0.6) is 0 Å². The molecule has 1 aliphatic rings. The molecule has 0 saturated carbocycles. The zero-order valence-corrected chi connectivity index (χ0v) is 14.4. The first-order valence-corrected chi connectivity index (χ1v) is 8.36. The van der Waals surface area contributed by atoms with Gasteiger partial charge in [-0.05, 0) is 31.2 Å². The highest BCUT2D eigenvalue weighted by Gasteiger charge is 2.24. The fourth-order valence-corrected chi connectivity index (χ4v) is 3.16. The van der Waals surface area contributed by atoms with E-state index in [1.165, 1.54) is 0 Å². The first-order valence-electron chi connectivity index (χ1n) is 8.36. The van der Waals surface area contributed by atoms with Crippen molar-refractivity contribution in [3.63, 3.8) is 0 Å². The number of nitrogens with zero attached hydrogens (tertiary/aromatic N) is 6. The molecule has 4 rings (SSSR count). The molecule has 0 spiro atoms. The van der Waals surface area contributed by atoms with Crippen LogP contribution in [-0.4, -0.2) is 56.7 Å². The molecule has 3 aromatic rings. The number of benzene rings is 1. The molecule has 1 aliphatic heterocycles. The molecule has 128 valence electrons. The Bertz CT molecular complexity index is 907. The van der Waals surface area contributed by atoms with Crippen LogP contribution in [0.2, 0.25) is 0 Å². The van der Waals surface area contributed by atoms with E-state index in [0.29, 0.717) is 18.8 Å². The molecule has 7 nitrogen and oxygen atoms in total. The van der Waals surface area contributed by atoms with Gasteiger partial charge in [0, 0.05) is 56.2 Å². The van der Waals surface area contributed by atoms with Gasteiger partial charge in [-0.1, -0.05) is 0 Å². The van der Waals surface area contributed by atoms with Gasteiger partial charge in [-0.25, -0.2) is 9.97 Å². The average molecular weight is 336 g/mol. The van der Waals surface area contributed by atoms with E-state index in [1.54, 1.807) is 11.0 Å². The standard InChI is InChI=1S/C18H20N6O/c1-13-9-17(21-22(13)2)18(25)24-7-5-23(6-8-24)15-3-4-16-14(10-15)11-19-12-20-16/h3-4,9-12H,5-8H2,1-2H3. The van der Waals surface area contributed by atoms with Gasteiger partial charge in [0.15, 0.2) is 5.69 Å². The number of aromatic nitrogens is 4. The van der Waals surface area contributed by atoms with Crippen molar-refractivity contribution in [2.24, 2.45) is 7.05 Å². The lowest BCUT2D eigenvalue weighted by atomic mass is 10.2. The molecule has 0 N–H and O–H groups in total. The summed E-state index contributed by atoms with van der Waals surface area (Å²) >= 11 is 0. The average Bonchev–Trinajstić information content (AvgIpc) is 2.99. The molecule has 0 bridgehead atoms. The molecule has 7 heteroatoms. The summed E-state index contributed by atoms with van der Waals surface area (Å²) in [5, 5.41) is 5.32. The minimum atomic E-state index is 0.00950. The Morgan fingerprint density at radius 2 is 1.92 bits per heavy atom. The Kier molecular flexibility index (Phi) is 3.83. The van der Waals surface area contributed by atoms with E-state index in [2.05, 4.69) is 32.1 Å². The molecular formula is C18H20N6O. The lowest BCUT2D eigenvalue weighted by molar-refractivity contribution is 0.0740. The number of carbonyl (C=O) groups is 1. The predicted octanol–water partition coefficient (Wildman–Crippen LogP) is 1.63. The molecule has 1 fully saturated rings. The molecule has 1 saturated heterocycles. The van der Waals surface area contributed by atoms with Crippen LogP contribution in [0.3, 0.4) is 0 Å². The smallest absolute Gasteiger partial charge is 0.274 e. The van der Waals surface area contributed by atoms with E-state index in [0.717, 1.165) is 35.4 Å². The molecule has 0 atom stereocenters. The highest BCUT2D eigenvalue weighted by atomic mass is 16.2. The molecule has 0 radical (unpaired) electrons. The quantitative estimate of drug-likeness (QED) is 0.712. The van der Waals surface area contributed by atoms with Crippen molar-refractivity contribution >= 4 is 22.5 Å². The monoisotopic (exact) mass is 336 g/mol.